The molecule has 0 fully saturated rings. The van der Waals surface area contributed by atoms with E-state index in [9.17, 15) is 4.79 Å². The zero-order valence-corrected chi connectivity index (χ0v) is 16.8. The molecule has 0 radical (unpaired) electrons. The highest BCUT2D eigenvalue weighted by molar-refractivity contribution is 6.32. The van der Waals surface area contributed by atoms with Gasteiger partial charge in [0.1, 0.15) is 12.0 Å². The van der Waals surface area contributed by atoms with Crippen molar-refractivity contribution in [3.05, 3.63) is 47.6 Å². The largest absolute Gasteiger partial charge is 0.489 e. The molecular weight excluding hydrogens is 392 g/mol. The van der Waals surface area contributed by atoms with E-state index in [4.69, 9.17) is 20.9 Å². The second-order valence-corrected chi connectivity index (χ2v) is 7.26. The Hall–Kier alpha value is -3.19. The van der Waals surface area contributed by atoms with Gasteiger partial charge in [0.05, 0.1) is 16.6 Å². The van der Waals surface area contributed by atoms with Crippen LogP contribution in [0.4, 0.5) is 0 Å². The van der Waals surface area contributed by atoms with Gasteiger partial charge in [-0.15, -0.1) is 0 Å². The van der Waals surface area contributed by atoms with E-state index in [2.05, 4.69) is 15.2 Å². The molecule has 2 aromatic carbocycles. The lowest BCUT2D eigenvalue weighted by molar-refractivity contribution is -0.108. The molecule has 4 aromatic rings. The van der Waals surface area contributed by atoms with Gasteiger partial charge < -0.3 is 14.1 Å². The molecule has 7 nitrogen and oxygen atoms in total. The van der Waals surface area contributed by atoms with Crippen LogP contribution in [-0.2, 0) is 11.3 Å². The Balaban J connectivity index is 1.60. The van der Waals surface area contributed by atoms with Crippen LogP contribution in [0.5, 0.6) is 5.75 Å². The third kappa shape index (κ3) is 4.14. The van der Waals surface area contributed by atoms with Gasteiger partial charge >= 0.3 is 0 Å². The number of rotatable bonds is 7. The zero-order chi connectivity index (χ0) is 20.4. The second-order valence-electron chi connectivity index (χ2n) is 6.86. The fourth-order valence-corrected chi connectivity index (χ4v) is 3.18. The van der Waals surface area contributed by atoms with Gasteiger partial charge in [-0.3, -0.25) is 4.68 Å². The van der Waals surface area contributed by atoms with Crippen molar-refractivity contribution >= 4 is 28.8 Å². The highest BCUT2D eigenvalue weighted by Gasteiger charge is 2.14. The van der Waals surface area contributed by atoms with E-state index in [1.54, 1.807) is 16.8 Å². The average molecular weight is 411 g/mol. The molecule has 0 saturated carbocycles. The van der Waals surface area contributed by atoms with Crippen molar-refractivity contribution in [2.75, 3.05) is 0 Å². The topological polar surface area (TPSA) is 83.0 Å². The van der Waals surface area contributed by atoms with Crippen LogP contribution in [-0.4, -0.2) is 32.3 Å². The Kier molecular flexibility index (Phi) is 5.31. The van der Waals surface area contributed by atoms with Crippen LogP contribution >= 0.6 is 11.6 Å². The van der Waals surface area contributed by atoms with Crippen LogP contribution < -0.4 is 4.74 Å². The van der Waals surface area contributed by atoms with Gasteiger partial charge in [0.15, 0.2) is 0 Å². The second kappa shape index (κ2) is 8.05. The number of aldehydes is 1. The van der Waals surface area contributed by atoms with Crippen molar-refractivity contribution in [1.29, 1.82) is 0 Å². The van der Waals surface area contributed by atoms with Crippen molar-refractivity contribution in [3.63, 3.8) is 0 Å². The van der Waals surface area contributed by atoms with E-state index in [1.807, 2.05) is 44.3 Å². The number of benzene rings is 2. The standard InChI is InChI=1S/C21H19ClN4O3/c1-13(2)28-19-7-5-15(11-17(19)22)21-23-20(25-29-21)14-4-6-18-16(10-14)12-26(24-18)8-3-9-27/h4-7,9-13H,3,8H2,1-2H3. The summed E-state index contributed by atoms with van der Waals surface area (Å²) < 4.78 is 12.8. The number of hydrogen-bond acceptors (Lipinski definition) is 6. The van der Waals surface area contributed by atoms with Gasteiger partial charge in [-0.2, -0.15) is 10.1 Å². The van der Waals surface area contributed by atoms with Crippen LogP contribution in [0.15, 0.2) is 47.1 Å². The van der Waals surface area contributed by atoms with E-state index in [0.29, 0.717) is 41.0 Å². The van der Waals surface area contributed by atoms with Crippen molar-refractivity contribution < 1.29 is 14.1 Å². The summed E-state index contributed by atoms with van der Waals surface area (Å²) >= 11 is 6.31. The molecule has 0 N–H and O–H groups in total. The van der Waals surface area contributed by atoms with Crippen molar-refractivity contribution in [2.24, 2.45) is 0 Å². The van der Waals surface area contributed by atoms with Crippen LogP contribution in [0, 0.1) is 0 Å². The summed E-state index contributed by atoms with van der Waals surface area (Å²) in [5, 5.41) is 9.96. The smallest absolute Gasteiger partial charge is 0.258 e. The molecule has 2 heterocycles. The number of ether oxygens (including phenoxy) is 1. The molecule has 0 aliphatic rings. The summed E-state index contributed by atoms with van der Waals surface area (Å²) in [7, 11) is 0. The number of aryl methyl sites for hydroxylation is 1. The van der Waals surface area contributed by atoms with Crippen molar-refractivity contribution in [2.45, 2.75) is 32.9 Å². The van der Waals surface area contributed by atoms with E-state index in [-0.39, 0.29) is 6.10 Å². The minimum absolute atomic E-state index is 0.0334. The van der Waals surface area contributed by atoms with Gasteiger partial charge in [-0.05, 0) is 50.2 Å². The maximum absolute atomic E-state index is 10.6. The lowest BCUT2D eigenvalue weighted by Crippen LogP contribution is -2.05. The Morgan fingerprint density at radius 3 is 2.79 bits per heavy atom. The fourth-order valence-electron chi connectivity index (χ4n) is 2.96. The molecule has 0 aliphatic carbocycles. The molecule has 2 aromatic heterocycles. The third-order valence-electron chi connectivity index (χ3n) is 4.25. The number of hydrogen-bond donors (Lipinski definition) is 0. The number of carbonyl (C=O) groups is 1. The third-order valence-corrected chi connectivity index (χ3v) is 4.55. The van der Waals surface area contributed by atoms with Crippen LogP contribution in [0.25, 0.3) is 33.7 Å². The molecule has 0 spiro atoms. The summed E-state index contributed by atoms with van der Waals surface area (Å²) in [4.78, 5) is 15.0. The highest BCUT2D eigenvalue weighted by Crippen LogP contribution is 2.31. The molecule has 0 atom stereocenters. The number of halogens is 1. The molecule has 29 heavy (non-hydrogen) atoms. The van der Waals surface area contributed by atoms with Crippen LogP contribution in [0.1, 0.15) is 20.3 Å². The lowest BCUT2D eigenvalue weighted by Gasteiger charge is -2.11. The predicted octanol–water partition coefficient (Wildman–Crippen LogP) is 4.78. The molecule has 4 rings (SSSR count). The first kappa shape index (κ1) is 19.1. The first-order valence-electron chi connectivity index (χ1n) is 9.25. The Morgan fingerprint density at radius 1 is 1.21 bits per heavy atom. The van der Waals surface area contributed by atoms with Gasteiger partial charge in [-0.1, -0.05) is 16.8 Å². The van der Waals surface area contributed by atoms with Gasteiger partial charge in [-0.25, -0.2) is 0 Å². The van der Waals surface area contributed by atoms with E-state index in [1.165, 1.54) is 0 Å². The molecular formula is C21H19ClN4O3. The Bertz CT molecular complexity index is 1170. The fraction of sp³-hybridized carbons (Fsp3) is 0.238. The Labute approximate surface area is 172 Å². The van der Waals surface area contributed by atoms with Gasteiger partial charge in [0.25, 0.3) is 5.89 Å². The molecule has 148 valence electrons. The quantitative estimate of drug-likeness (QED) is 0.407. The summed E-state index contributed by atoms with van der Waals surface area (Å²) in [5.41, 5.74) is 2.37. The normalized spacial score (nSPS) is 11.3. The van der Waals surface area contributed by atoms with Gasteiger partial charge in [0.2, 0.25) is 5.82 Å². The first-order valence-corrected chi connectivity index (χ1v) is 9.63. The maximum atomic E-state index is 10.6. The number of aromatic nitrogens is 4. The first-order chi connectivity index (χ1) is 14.0. The number of fused-ring (bicyclic) bond motifs is 1. The monoisotopic (exact) mass is 410 g/mol. The highest BCUT2D eigenvalue weighted by atomic mass is 35.5. The van der Waals surface area contributed by atoms with E-state index >= 15 is 0 Å². The minimum atomic E-state index is 0.0334. The average Bonchev–Trinajstić information content (AvgIpc) is 3.33. The summed E-state index contributed by atoms with van der Waals surface area (Å²) in [5.74, 6) is 1.46. The molecule has 0 unspecified atom stereocenters. The number of nitrogens with zero attached hydrogens (tertiary/aromatic N) is 4. The zero-order valence-electron chi connectivity index (χ0n) is 16.0. The van der Waals surface area contributed by atoms with Crippen LogP contribution in [0.3, 0.4) is 0 Å². The SMILES string of the molecule is CC(C)Oc1ccc(-c2nc(-c3ccc4nn(CCC=O)cc4c3)no2)cc1Cl. The number of carbonyl (C=O) groups excluding carboxylic acids is 1. The predicted molar refractivity (Wildman–Crippen MR) is 110 cm³/mol. The van der Waals surface area contributed by atoms with Crippen LogP contribution in [0.2, 0.25) is 5.02 Å². The van der Waals surface area contributed by atoms with Crippen molar-refractivity contribution in [3.8, 4) is 28.6 Å². The summed E-state index contributed by atoms with van der Waals surface area (Å²) in [6.45, 7) is 4.44. The summed E-state index contributed by atoms with van der Waals surface area (Å²) in [6, 6.07) is 11.1. The Morgan fingerprint density at radius 2 is 2.03 bits per heavy atom. The van der Waals surface area contributed by atoms with Gasteiger partial charge in [0, 0.05) is 35.7 Å². The van der Waals surface area contributed by atoms with Crippen molar-refractivity contribution in [1.82, 2.24) is 19.9 Å². The lowest BCUT2D eigenvalue weighted by atomic mass is 10.1. The van der Waals surface area contributed by atoms with E-state index in [0.717, 1.165) is 22.8 Å². The maximum Gasteiger partial charge on any atom is 0.258 e. The molecule has 0 aliphatic heterocycles. The molecule has 0 amide bonds. The summed E-state index contributed by atoms with van der Waals surface area (Å²) in [6.07, 6.45) is 3.24. The van der Waals surface area contributed by atoms with E-state index < -0.39 is 0 Å². The minimum Gasteiger partial charge on any atom is -0.489 e. The molecule has 0 bridgehead atoms. The molecule has 8 heteroatoms. The molecule has 0 saturated heterocycles.